The SMILES string of the molecule is c1ccc(-c2ccc(Cn3cncc3CNc3ccc(NCCN4CCOCC4)c(-c4ccccc4)c3)cc2)cc1. The number of ether oxygens (including phenoxy) is 1. The van der Waals surface area contributed by atoms with Gasteiger partial charge in [0.15, 0.2) is 0 Å². The molecule has 0 atom stereocenters. The first kappa shape index (κ1) is 26.8. The van der Waals surface area contributed by atoms with Crippen LogP contribution in [0.3, 0.4) is 0 Å². The highest BCUT2D eigenvalue weighted by Gasteiger charge is 2.12. The van der Waals surface area contributed by atoms with Crippen LogP contribution in [0.4, 0.5) is 11.4 Å². The largest absolute Gasteiger partial charge is 0.383 e. The summed E-state index contributed by atoms with van der Waals surface area (Å²) in [5.41, 5.74) is 9.50. The van der Waals surface area contributed by atoms with Crippen LogP contribution in [0.5, 0.6) is 0 Å². The fourth-order valence-electron chi connectivity index (χ4n) is 5.30. The average molecular weight is 544 g/mol. The van der Waals surface area contributed by atoms with Crippen LogP contribution in [0.25, 0.3) is 22.3 Å². The van der Waals surface area contributed by atoms with Crippen LogP contribution in [-0.2, 0) is 17.8 Å². The maximum absolute atomic E-state index is 5.49. The average Bonchev–Trinajstić information content (AvgIpc) is 3.49. The fourth-order valence-corrected chi connectivity index (χ4v) is 5.30. The molecular formula is C35H37N5O. The minimum absolute atomic E-state index is 0.695. The monoisotopic (exact) mass is 543 g/mol. The third kappa shape index (κ3) is 7.04. The fraction of sp³-hybridized carbons (Fsp3) is 0.229. The van der Waals surface area contributed by atoms with Crippen molar-refractivity contribution >= 4 is 11.4 Å². The number of nitrogens with zero attached hydrogens (tertiary/aromatic N) is 3. The predicted molar refractivity (Wildman–Crippen MR) is 168 cm³/mol. The van der Waals surface area contributed by atoms with E-state index in [9.17, 15) is 0 Å². The molecule has 0 unspecified atom stereocenters. The number of hydrogen-bond donors (Lipinski definition) is 2. The number of hydrogen-bond acceptors (Lipinski definition) is 5. The van der Waals surface area contributed by atoms with E-state index in [1.165, 1.54) is 27.8 Å². The molecule has 208 valence electrons. The van der Waals surface area contributed by atoms with Crippen LogP contribution in [0.2, 0.25) is 0 Å². The van der Waals surface area contributed by atoms with E-state index in [1.807, 2.05) is 18.6 Å². The van der Waals surface area contributed by atoms with Crippen molar-refractivity contribution in [3.05, 3.63) is 127 Å². The molecule has 6 nitrogen and oxygen atoms in total. The molecule has 2 heterocycles. The van der Waals surface area contributed by atoms with E-state index < -0.39 is 0 Å². The molecule has 4 aromatic carbocycles. The van der Waals surface area contributed by atoms with E-state index in [4.69, 9.17) is 4.74 Å². The van der Waals surface area contributed by atoms with Crippen molar-refractivity contribution in [3.63, 3.8) is 0 Å². The van der Waals surface area contributed by atoms with Gasteiger partial charge >= 0.3 is 0 Å². The highest BCUT2D eigenvalue weighted by molar-refractivity contribution is 5.81. The Bertz CT molecular complexity index is 1510. The van der Waals surface area contributed by atoms with Gasteiger partial charge in [0, 0.05) is 55.9 Å². The summed E-state index contributed by atoms with van der Waals surface area (Å²) in [6, 6.07) is 36.5. The quantitative estimate of drug-likeness (QED) is 0.196. The zero-order chi connectivity index (χ0) is 27.7. The van der Waals surface area contributed by atoms with Crippen molar-refractivity contribution in [1.82, 2.24) is 14.5 Å². The molecular weight excluding hydrogens is 506 g/mol. The molecule has 0 spiro atoms. The van der Waals surface area contributed by atoms with E-state index in [-0.39, 0.29) is 0 Å². The maximum Gasteiger partial charge on any atom is 0.0951 e. The van der Waals surface area contributed by atoms with Gasteiger partial charge in [-0.05, 0) is 40.5 Å². The molecule has 0 bridgehead atoms. The van der Waals surface area contributed by atoms with Crippen molar-refractivity contribution < 1.29 is 4.74 Å². The third-order valence-electron chi connectivity index (χ3n) is 7.64. The van der Waals surface area contributed by atoms with Gasteiger partial charge in [-0.1, -0.05) is 84.9 Å². The Morgan fingerprint density at radius 2 is 1.44 bits per heavy atom. The van der Waals surface area contributed by atoms with Crippen molar-refractivity contribution in [3.8, 4) is 22.3 Å². The molecule has 1 aliphatic rings. The normalized spacial score (nSPS) is 13.7. The van der Waals surface area contributed by atoms with E-state index in [0.717, 1.165) is 63.0 Å². The standard InChI is InChI=1S/C35H37N5O/c1-3-7-29(8-4-1)30-13-11-28(12-14-30)26-40-27-36-24-33(40)25-38-32-15-16-35(34(23-32)31-9-5-2-6-10-31)37-17-18-39-19-21-41-22-20-39/h1-16,23-24,27,37-38H,17-22,25-26H2. The molecule has 1 aromatic heterocycles. The van der Waals surface area contributed by atoms with Gasteiger partial charge in [0.1, 0.15) is 0 Å². The van der Waals surface area contributed by atoms with Crippen LogP contribution >= 0.6 is 0 Å². The Morgan fingerprint density at radius 1 is 0.732 bits per heavy atom. The van der Waals surface area contributed by atoms with Gasteiger partial charge < -0.3 is 19.9 Å². The van der Waals surface area contributed by atoms with Gasteiger partial charge in [-0.3, -0.25) is 4.90 Å². The lowest BCUT2D eigenvalue weighted by Gasteiger charge is -2.27. The molecule has 41 heavy (non-hydrogen) atoms. The minimum atomic E-state index is 0.695. The number of nitrogens with one attached hydrogen (secondary N) is 2. The number of morpholine rings is 1. The molecule has 0 aliphatic carbocycles. The van der Waals surface area contributed by atoms with Gasteiger partial charge in [0.05, 0.1) is 31.8 Å². The summed E-state index contributed by atoms with van der Waals surface area (Å²) in [5.74, 6) is 0. The second-order valence-corrected chi connectivity index (χ2v) is 10.4. The Hall–Kier alpha value is -4.39. The van der Waals surface area contributed by atoms with Crippen LogP contribution in [0.15, 0.2) is 116 Å². The first-order valence-electron chi connectivity index (χ1n) is 14.4. The smallest absolute Gasteiger partial charge is 0.0951 e. The molecule has 1 saturated heterocycles. The Morgan fingerprint density at radius 3 is 2.20 bits per heavy atom. The summed E-state index contributed by atoms with van der Waals surface area (Å²) in [4.78, 5) is 6.90. The van der Waals surface area contributed by atoms with Gasteiger partial charge in [-0.2, -0.15) is 0 Å². The molecule has 2 N–H and O–H groups in total. The maximum atomic E-state index is 5.49. The van der Waals surface area contributed by atoms with Crippen molar-refractivity contribution in [2.75, 3.05) is 50.0 Å². The van der Waals surface area contributed by atoms with Crippen molar-refractivity contribution in [2.45, 2.75) is 13.1 Å². The zero-order valence-corrected chi connectivity index (χ0v) is 23.4. The van der Waals surface area contributed by atoms with Gasteiger partial charge in [0.25, 0.3) is 0 Å². The molecule has 6 heteroatoms. The number of anilines is 2. The molecule has 6 rings (SSSR count). The summed E-state index contributed by atoms with van der Waals surface area (Å²) >= 11 is 0. The number of imidazole rings is 1. The Balaban J connectivity index is 1.11. The third-order valence-corrected chi connectivity index (χ3v) is 7.64. The first-order chi connectivity index (χ1) is 20.3. The van der Waals surface area contributed by atoms with Crippen molar-refractivity contribution in [1.29, 1.82) is 0 Å². The summed E-state index contributed by atoms with van der Waals surface area (Å²) < 4.78 is 7.70. The van der Waals surface area contributed by atoms with Gasteiger partial charge in [0.2, 0.25) is 0 Å². The number of rotatable bonds is 11. The predicted octanol–water partition coefficient (Wildman–Crippen LogP) is 6.62. The van der Waals surface area contributed by atoms with Crippen LogP contribution < -0.4 is 10.6 Å². The molecule has 0 saturated carbocycles. The summed E-state index contributed by atoms with van der Waals surface area (Å²) in [5, 5.41) is 7.32. The van der Waals surface area contributed by atoms with Crippen LogP contribution in [0, 0.1) is 0 Å². The molecule has 0 amide bonds. The molecule has 5 aromatic rings. The number of aromatic nitrogens is 2. The lowest BCUT2D eigenvalue weighted by molar-refractivity contribution is 0.0398. The number of benzene rings is 4. The second-order valence-electron chi connectivity index (χ2n) is 10.4. The second kappa shape index (κ2) is 13.3. The Labute approximate surface area is 242 Å². The lowest BCUT2D eigenvalue weighted by atomic mass is 10.0. The first-order valence-corrected chi connectivity index (χ1v) is 14.4. The van der Waals surface area contributed by atoms with Crippen LogP contribution in [0.1, 0.15) is 11.3 Å². The van der Waals surface area contributed by atoms with E-state index >= 15 is 0 Å². The van der Waals surface area contributed by atoms with E-state index in [0.29, 0.717) is 6.54 Å². The Kier molecular flexibility index (Phi) is 8.70. The summed E-state index contributed by atoms with van der Waals surface area (Å²) in [7, 11) is 0. The summed E-state index contributed by atoms with van der Waals surface area (Å²) in [6.45, 7) is 7.06. The minimum Gasteiger partial charge on any atom is -0.383 e. The van der Waals surface area contributed by atoms with Gasteiger partial charge in [-0.15, -0.1) is 0 Å². The summed E-state index contributed by atoms with van der Waals surface area (Å²) in [6.07, 6.45) is 3.87. The van der Waals surface area contributed by atoms with Gasteiger partial charge in [-0.25, -0.2) is 4.98 Å². The highest BCUT2D eigenvalue weighted by Crippen LogP contribution is 2.31. The topological polar surface area (TPSA) is 54.4 Å². The van der Waals surface area contributed by atoms with E-state index in [1.54, 1.807) is 0 Å². The zero-order valence-electron chi connectivity index (χ0n) is 23.4. The highest BCUT2D eigenvalue weighted by atomic mass is 16.5. The molecule has 1 aliphatic heterocycles. The lowest BCUT2D eigenvalue weighted by Crippen LogP contribution is -2.39. The molecule has 1 fully saturated rings. The molecule has 0 radical (unpaired) electrons. The van der Waals surface area contributed by atoms with Crippen LogP contribution in [-0.4, -0.2) is 53.8 Å². The van der Waals surface area contributed by atoms with Crippen molar-refractivity contribution in [2.24, 2.45) is 0 Å². The van der Waals surface area contributed by atoms with E-state index in [2.05, 4.69) is 122 Å².